The van der Waals surface area contributed by atoms with Crippen molar-refractivity contribution < 1.29 is 14.6 Å². The van der Waals surface area contributed by atoms with Crippen LogP contribution in [0.4, 0.5) is 0 Å². The van der Waals surface area contributed by atoms with Crippen LogP contribution in [0.3, 0.4) is 0 Å². The van der Waals surface area contributed by atoms with Crippen LogP contribution in [0, 0.1) is 11.8 Å². The summed E-state index contributed by atoms with van der Waals surface area (Å²) in [4.78, 5) is 0. The van der Waals surface area contributed by atoms with Crippen LogP contribution in [-0.2, 0) is 4.74 Å². The summed E-state index contributed by atoms with van der Waals surface area (Å²) in [6, 6.07) is 7.27. The van der Waals surface area contributed by atoms with Crippen molar-refractivity contribution >= 4 is 0 Å². The Kier molecular flexibility index (Phi) is 4.56. The first-order valence-corrected chi connectivity index (χ1v) is 4.18. The summed E-state index contributed by atoms with van der Waals surface area (Å²) >= 11 is 0. The molecule has 0 spiro atoms. The molecule has 0 fully saturated rings. The number of benzene rings is 1. The van der Waals surface area contributed by atoms with E-state index in [1.165, 1.54) is 0 Å². The third kappa shape index (κ3) is 3.48. The molecule has 1 aromatic carbocycles. The molecule has 3 nitrogen and oxygen atoms in total. The van der Waals surface area contributed by atoms with Crippen molar-refractivity contribution in [3.05, 3.63) is 29.8 Å². The molecule has 0 unspecified atom stereocenters. The number of aliphatic hydroxyl groups excluding tert-OH is 1. The van der Waals surface area contributed by atoms with Crippen LogP contribution in [0.15, 0.2) is 24.3 Å². The van der Waals surface area contributed by atoms with E-state index in [9.17, 15) is 0 Å². The third-order valence-electron chi connectivity index (χ3n) is 1.51. The minimum atomic E-state index is -0.123. The molecule has 1 N–H and O–H groups in total. The van der Waals surface area contributed by atoms with E-state index >= 15 is 0 Å². The number of rotatable bonds is 3. The van der Waals surface area contributed by atoms with E-state index in [-0.39, 0.29) is 13.4 Å². The molecular weight excluding hydrogens is 180 g/mol. The van der Waals surface area contributed by atoms with E-state index < -0.39 is 0 Å². The number of methoxy groups -OCH3 is 1. The monoisotopic (exact) mass is 192 g/mol. The Bertz CT molecular complexity index is 319. The summed E-state index contributed by atoms with van der Waals surface area (Å²) in [6.07, 6.45) is 0. The Morgan fingerprint density at radius 2 is 2.00 bits per heavy atom. The summed E-state index contributed by atoms with van der Waals surface area (Å²) in [5, 5.41) is 8.48. The van der Waals surface area contributed by atoms with Crippen LogP contribution in [-0.4, -0.2) is 25.6 Å². The van der Waals surface area contributed by atoms with Gasteiger partial charge in [-0.25, -0.2) is 0 Å². The van der Waals surface area contributed by atoms with E-state index in [1.807, 2.05) is 12.1 Å². The highest BCUT2D eigenvalue weighted by molar-refractivity contribution is 5.38. The summed E-state index contributed by atoms with van der Waals surface area (Å²) < 4.78 is 9.95. The molecule has 0 heterocycles. The number of aliphatic hydroxyl groups is 1. The first-order chi connectivity index (χ1) is 6.86. The molecule has 0 atom stereocenters. The van der Waals surface area contributed by atoms with Gasteiger partial charge in [-0.2, -0.15) is 0 Å². The van der Waals surface area contributed by atoms with Crippen LogP contribution >= 0.6 is 0 Å². The van der Waals surface area contributed by atoms with E-state index in [2.05, 4.69) is 11.8 Å². The lowest BCUT2D eigenvalue weighted by Gasteiger charge is -2.03. The SMILES string of the molecule is COCOc1ccc(C#CCO)cc1. The van der Waals surface area contributed by atoms with Crippen molar-refractivity contribution in [3.63, 3.8) is 0 Å². The van der Waals surface area contributed by atoms with Gasteiger partial charge in [0.25, 0.3) is 0 Å². The van der Waals surface area contributed by atoms with E-state index in [0.717, 1.165) is 11.3 Å². The maximum absolute atomic E-state index is 8.48. The molecule has 14 heavy (non-hydrogen) atoms. The summed E-state index contributed by atoms with van der Waals surface area (Å²) in [5.41, 5.74) is 0.851. The first kappa shape index (κ1) is 10.6. The second kappa shape index (κ2) is 6.03. The Morgan fingerprint density at radius 3 is 2.57 bits per heavy atom. The number of ether oxygens (including phenoxy) is 2. The highest BCUT2D eigenvalue weighted by Crippen LogP contribution is 2.11. The van der Waals surface area contributed by atoms with Crippen molar-refractivity contribution in [1.82, 2.24) is 0 Å². The average Bonchev–Trinajstić information content (AvgIpc) is 2.25. The van der Waals surface area contributed by atoms with Gasteiger partial charge in [0.15, 0.2) is 6.79 Å². The van der Waals surface area contributed by atoms with Crippen molar-refractivity contribution in [2.24, 2.45) is 0 Å². The van der Waals surface area contributed by atoms with Crippen molar-refractivity contribution in [2.45, 2.75) is 0 Å². The number of hydrogen-bond donors (Lipinski definition) is 1. The van der Waals surface area contributed by atoms with Gasteiger partial charge in [-0.1, -0.05) is 11.8 Å². The highest BCUT2D eigenvalue weighted by atomic mass is 16.7. The van der Waals surface area contributed by atoms with Gasteiger partial charge in [0.1, 0.15) is 12.4 Å². The quantitative estimate of drug-likeness (QED) is 0.574. The predicted molar refractivity (Wildman–Crippen MR) is 52.9 cm³/mol. The fraction of sp³-hybridized carbons (Fsp3) is 0.273. The lowest BCUT2D eigenvalue weighted by atomic mass is 10.2. The molecule has 1 aromatic rings. The topological polar surface area (TPSA) is 38.7 Å². The smallest absolute Gasteiger partial charge is 0.188 e. The lowest BCUT2D eigenvalue weighted by Crippen LogP contribution is -1.98. The molecule has 0 radical (unpaired) electrons. The summed E-state index contributed by atoms with van der Waals surface area (Å²) in [7, 11) is 1.57. The fourth-order valence-electron chi connectivity index (χ4n) is 0.903. The van der Waals surface area contributed by atoms with Crippen LogP contribution in [0.1, 0.15) is 5.56 Å². The Morgan fingerprint density at radius 1 is 1.29 bits per heavy atom. The van der Waals surface area contributed by atoms with Gasteiger partial charge >= 0.3 is 0 Å². The van der Waals surface area contributed by atoms with Crippen LogP contribution in [0.25, 0.3) is 0 Å². The highest BCUT2D eigenvalue weighted by Gasteiger charge is 1.91. The fourth-order valence-corrected chi connectivity index (χ4v) is 0.903. The molecule has 3 heteroatoms. The van der Waals surface area contributed by atoms with E-state index in [4.69, 9.17) is 14.6 Å². The van der Waals surface area contributed by atoms with Crippen molar-refractivity contribution in [1.29, 1.82) is 0 Å². The summed E-state index contributed by atoms with van der Waals surface area (Å²) in [5.74, 6) is 6.10. The van der Waals surface area contributed by atoms with E-state index in [1.54, 1.807) is 19.2 Å². The largest absolute Gasteiger partial charge is 0.468 e. The van der Waals surface area contributed by atoms with Crippen LogP contribution in [0.2, 0.25) is 0 Å². The van der Waals surface area contributed by atoms with Gasteiger partial charge in [0.2, 0.25) is 0 Å². The Hall–Kier alpha value is -1.50. The third-order valence-corrected chi connectivity index (χ3v) is 1.51. The van der Waals surface area contributed by atoms with Gasteiger partial charge in [-0.05, 0) is 24.3 Å². The normalized spacial score (nSPS) is 9.00. The molecule has 0 aliphatic carbocycles. The number of hydrogen-bond acceptors (Lipinski definition) is 3. The molecule has 0 aliphatic rings. The predicted octanol–water partition coefficient (Wildman–Crippen LogP) is 1.01. The Labute approximate surface area is 83.3 Å². The minimum Gasteiger partial charge on any atom is -0.468 e. The molecular formula is C11H12O3. The standard InChI is InChI=1S/C11H12O3/c1-13-9-14-11-6-4-10(5-7-11)3-2-8-12/h4-7,12H,8-9H2,1H3. The van der Waals surface area contributed by atoms with Gasteiger partial charge in [0, 0.05) is 12.7 Å². The zero-order chi connectivity index (χ0) is 10.2. The van der Waals surface area contributed by atoms with Gasteiger partial charge < -0.3 is 14.6 Å². The second-order valence-electron chi connectivity index (χ2n) is 2.54. The first-order valence-electron chi connectivity index (χ1n) is 4.18. The van der Waals surface area contributed by atoms with E-state index in [0.29, 0.717) is 0 Å². The zero-order valence-electron chi connectivity index (χ0n) is 7.99. The van der Waals surface area contributed by atoms with Crippen molar-refractivity contribution in [3.8, 4) is 17.6 Å². The molecule has 1 rings (SSSR count). The minimum absolute atomic E-state index is 0.123. The molecule has 0 aromatic heterocycles. The second-order valence-corrected chi connectivity index (χ2v) is 2.54. The Balaban J connectivity index is 2.59. The van der Waals surface area contributed by atoms with Crippen LogP contribution < -0.4 is 4.74 Å². The molecule has 74 valence electrons. The lowest BCUT2D eigenvalue weighted by molar-refractivity contribution is 0.0511. The van der Waals surface area contributed by atoms with Crippen LogP contribution in [0.5, 0.6) is 5.75 Å². The summed E-state index contributed by atoms with van der Waals surface area (Å²) in [6.45, 7) is 0.115. The average molecular weight is 192 g/mol. The molecule has 0 saturated heterocycles. The van der Waals surface area contributed by atoms with Crippen molar-refractivity contribution in [2.75, 3.05) is 20.5 Å². The molecule has 0 amide bonds. The molecule has 0 saturated carbocycles. The maximum Gasteiger partial charge on any atom is 0.188 e. The van der Waals surface area contributed by atoms with Gasteiger partial charge in [0.05, 0.1) is 0 Å². The zero-order valence-corrected chi connectivity index (χ0v) is 7.99. The molecule has 0 bridgehead atoms. The van der Waals surface area contributed by atoms with Gasteiger partial charge in [-0.3, -0.25) is 0 Å². The molecule has 0 aliphatic heterocycles. The maximum atomic E-state index is 8.48. The van der Waals surface area contributed by atoms with Gasteiger partial charge in [-0.15, -0.1) is 0 Å².